The van der Waals surface area contributed by atoms with Crippen molar-refractivity contribution in [2.75, 3.05) is 18.0 Å². The first-order valence-electron chi connectivity index (χ1n) is 7.21. The lowest BCUT2D eigenvalue weighted by Gasteiger charge is -2.28. The maximum absolute atomic E-state index is 3.69. The average molecular weight is 327 g/mol. The topological polar surface area (TPSA) is 15.3 Å². The molecule has 2 nitrogen and oxygen atoms in total. The molecule has 0 aliphatic rings. The molecule has 0 aromatic heterocycles. The van der Waals surface area contributed by atoms with Crippen LogP contribution in [0.5, 0.6) is 0 Å². The second kappa shape index (κ2) is 7.91. The molecule has 108 valence electrons. The number of nitrogens with zero attached hydrogens (tertiary/aromatic N) is 1. The average Bonchev–Trinajstić information content (AvgIpc) is 2.32. The number of anilines is 1. The molecule has 3 heteroatoms. The Hall–Kier alpha value is -0.540. The first kappa shape index (κ1) is 16.5. The van der Waals surface area contributed by atoms with E-state index in [2.05, 4.69) is 79.0 Å². The van der Waals surface area contributed by atoms with Crippen LogP contribution in [-0.4, -0.2) is 19.1 Å². The molecule has 0 heterocycles. The summed E-state index contributed by atoms with van der Waals surface area (Å²) in [6, 6.07) is 7.20. The van der Waals surface area contributed by atoms with E-state index in [4.69, 9.17) is 0 Å². The number of hydrogen-bond donors (Lipinski definition) is 1. The maximum Gasteiger partial charge on any atom is 0.0379 e. The van der Waals surface area contributed by atoms with Crippen molar-refractivity contribution in [2.24, 2.45) is 5.92 Å². The molecular weight excluding hydrogens is 300 g/mol. The SMILES string of the molecule is CCN(c1ccc(CNCC(C)C)c(Br)c1)C(C)C. The molecule has 0 spiro atoms. The summed E-state index contributed by atoms with van der Waals surface area (Å²) < 4.78 is 1.19. The summed E-state index contributed by atoms with van der Waals surface area (Å²) in [5.41, 5.74) is 2.61. The molecule has 0 aliphatic heterocycles. The first-order chi connectivity index (χ1) is 8.95. The van der Waals surface area contributed by atoms with Crippen molar-refractivity contribution in [1.29, 1.82) is 0 Å². The predicted octanol–water partition coefficient (Wildman–Crippen LogP) is 4.43. The summed E-state index contributed by atoms with van der Waals surface area (Å²) >= 11 is 3.69. The normalized spacial score (nSPS) is 11.4. The minimum Gasteiger partial charge on any atom is -0.369 e. The van der Waals surface area contributed by atoms with Crippen molar-refractivity contribution < 1.29 is 0 Å². The second-order valence-electron chi connectivity index (χ2n) is 5.68. The summed E-state index contributed by atoms with van der Waals surface area (Å²) in [7, 11) is 0. The van der Waals surface area contributed by atoms with Crippen molar-refractivity contribution >= 4 is 21.6 Å². The van der Waals surface area contributed by atoms with Crippen LogP contribution >= 0.6 is 15.9 Å². The molecule has 19 heavy (non-hydrogen) atoms. The predicted molar refractivity (Wildman–Crippen MR) is 88.8 cm³/mol. The number of halogens is 1. The van der Waals surface area contributed by atoms with Crippen molar-refractivity contribution in [3.63, 3.8) is 0 Å². The molecule has 0 radical (unpaired) electrons. The Morgan fingerprint density at radius 3 is 2.37 bits per heavy atom. The van der Waals surface area contributed by atoms with Gasteiger partial charge in [-0.3, -0.25) is 0 Å². The zero-order chi connectivity index (χ0) is 14.4. The van der Waals surface area contributed by atoms with Gasteiger partial charge in [-0.15, -0.1) is 0 Å². The quantitative estimate of drug-likeness (QED) is 0.797. The van der Waals surface area contributed by atoms with Gasteiger partial charge < -0.3 is 10.2 Å². The molecule has 1 rings (SSSR count). The van der Waals surface area contributed by atoms with E-state index in [1.165, 1.54) is 15.7 Å². The maximum atomic E-state index is 3.69. The van der Waals surface area contributed by atoms with Crippen molar-refractivity contribution in [3.05, 3.63) is 28.2 Å². The van der Waals surface area contributed by atoms with Gasteiger partial charge in [-0.05, 0) is 50.9 Å². The lowest BCUT2D eigenvalue weighted by molar-refractivity contribution is 0.552. The highest BCUT2D eigenvalue weighted by Crippen LogP contribution is 2.25. The fraction of sp³-hybridized carbons (Fsp3) is 0.625. The van der Waals surface area contributed by atoms with Crippen molar-refractivity contribution in [1.82, 2.24) is 5.32 Å². The summed E-state index contributed by atoms with van der Waals surface area (Å²) in [4.78, 5) is 2.40. The van der Waals surface area contributed by atoms with Crippen LogP contribution in [0.15, 0.2) is 22.7 Å². The van der Waals surface area contributed by atoms with Gasteiger partial charge in [0.1, 0.15) is 0 Å². The van der Waals surface area contributed by atoms with Gasteiger partial charge >= 0.3 is 0 Å². The van der Waals surface area contributed by atoms with Gasteiger partial charge in [0.2, 0.25) is 0 Å². The molecule has 0 unspecified atom stereocenters. The van der Waals surface area contributed by atoms with E-state index < -0.39 is 0 Å². The molecule has 0 saturated heterocycles. The first-order valence-corrected chi connectivity index (χ1v) is 8.00. The van der Waals surface area contributed by atoms with Gasteiger partial charge in [0, 0.05) is 29.3 Å². The summed E-state index contributed by atoms with van der Waals surface area (Å²) in [6.45, 7) is 14.1. The van der Waals surface area contributed by atoms with Gasteiger partial charge in [0.25, 0.3) is 0 Å². The Bertz CT molecular complexity index is 388. The minimum absolute atomic E-state index is 0.529. The molecule has 0 aliphatic carbocycles. The molecule has 0 atom stereocenters. The van der Waals surface area contributed by atoms with Crippen LogP contribution in [0.4, 0.5) is 5.69 Å². The van der Waals surface area contributed by atoms with Gasteiger partial charge in [-0.25, -0.2) is 0 Å². The summed E-state index contributed by atoms with van der Waals surface area (Å²) in [6.07, 6.45) is 0. The van der Waals surface area contributed by atoms with E-state index in [9.17, 15) is 0 Å². The van der Waals surface area contributed by atoms with E-state index in [0.717, 1.165) is 19.6 Å². The van der Waals surface area contributed by atoms with Gasteiger partial charge in [0.05, 0.1) is 0 Å². The summed E-state index contributed by atoms with van der Waals surface area (Å²) in [5, 5.41) is 3.48. The molecule has 0 amide bonds. The van der Waals surface area contributed by atoms with E-state index >= 15 is 0 Å². The molecule has 1 aromatic rings. The van der Waals surface area contributed by atoms with Crippen LogP contribution in [0.25, 0.3) is 0 Å². The number of benzene rings is 1. The Kier molecular flexibility index (Phi) is 6.87. The minimum atomic E-state index is 0.529. The van der Waals surface area contributed by atoms with E-state index in [-0.39, 0.29) is 0 Å². The highest BCUT2D eigenvalue weighted by Gasteiger charge is 2.10. The molecule has 1 aromatic carbocycles. The van der Waals surface area contributed by atoms with Gasteiger partial charge in [-0.2, -0.15) is 0 Å². The number of nitrogens with one attached hydrogen (secondary N) is 1. The Labute approximate surface area is 126 Å². The van der Waals surface area contributed by atoms with Crippen LogP contribution in [0.3, 0.4) is 0 Å². The monoisotopic (exact) mass is 326 g/mol. The van der Waals surface area contributed by atoms with E-state index in [0.29, 0.717) is 12.0 Å². The van der Waals surface area contributed by atoms with Crippen LogP contribution in [0.1, 0.15) is 40.2 Å². The van der Waals surface area contributed by atoms with Crippen LogP contribution in [-0.2, 0) is 6.54 Å². The number of rotatable bonds is 7. The standard InChI is InChI=1S/C16H27BrN2/c1-6-19(13(4)5)15-8-7-14(16(17)9-15)11-18-10-12(2)3/h7-9,12-13,18H,6,10-11H2,1-5H3. The smallest absolute Gasteiger partial charge is 0.0379 e. The van der Waals surface area contributed by atoms with Crippen molar-refractivity contribution in [2.45, 2.75) is 47.2 Å². The Balaban J connectivity index is 2.73. The van der Waals surface area contributed by atoms with Crippen LogP contribution < -0.4 is 10.2 Å². The van der Waals surface area contributed by atoms with Crippen LogP contribution in [0.2, 0.25) is 0 Å². The zero-order valence-electron chi connectivity index (χ0n) is 12.8. The lowest BCUT2D eigenvalue weighted by Crippen LogP contribution is -2.30. The molecule has 0 saturated carbocycles. The van der Waals surface area contributed by atoms with Crippen LogP contribution in [0, 0.1) is 5.92 Å². The molecule has 1 N–H and O–H groups in total. The fourth-order valence-electron chi connectivity index (χ4n) is 2.20. The number of hydrogen-bond acceptors (Lipinski definition) is 2. The molecule has 0 bridgehead atoms. The Morgan fingerprint density at radius 2 is 1.89 bits per heavy atom. The highest BCUT2D eigenvalue weighted by molar-refractivity contribution is 9.10. The third-order valence-corrected chi connectivity index (χ3v) is 3.94. The largest absolute Gasteiger partial charge is 0.369 e. The zero-order valence-corrected chi connectivity index (χ0v) is 14.4. The van der Waals surface area contributed by atoms with Crippen molar-refractivity contribution in [3.8, 4) is 0 Å². The molecular formula is C16H27BrN2. The van der Waals surface area contributed by atoms with Gasteiger partial charge in [-0.1, -0.05) is 35.8 Å². The summed E-state index contributed by atoms with van der Waals surface area (Å²) in [5.74, 6) is 0.689. The van der Waals surface area contributed by atoms with Gasteiger partial charge in [0.15, 0.2) is 0 Å². The molecule has 0 fully saturated rings. The van der Waals surface area contributed by atoms with E-state index in [1.54, 1.807) is 0 Å². The fourth-order valence-corrected chi connectivity index (χ4v) is 2.71. The third-order valence-electron chi connectivity index (χ3n) is 3.20. The lowest BCUT2D eigenvalue weighted by atomic mass is 10.1. The third kappa shape index (κ3) is 5.15. The van der Waals surface area contributed by atoms with E-state index in [1.807, 2.05) is 0 Å². The highest BCUT2D eigenvalue weighted by atomic mass is 79.9. The Morgan fingerprint density at radius 1 is 1.21 bits per heavy atom. The second-order valence-corrected chi connectivity index (χ2v) is 6.53.